The van der Waals surface area contributed by atoms with Crippen molar-refractivity contribution < 1.29 is 9.53 Å². The average Bonchev–Trinajstić information content (AvgIpc) is 2.70. The highest BCUT2D eigenvalue weighted by molar-refractivity contribution is 5.92. The Kier molecular flexibility index (Phi) is 6.57. The molecule has 0 bridgehead atoms. The zero-order valence-electron chi connectivity index (χ0n) is 16.1. The van der Waals surface area contributed by atoms with Crippen molar-refractivity contribution in [3.05, 3.63) is 78.2 Å². The van der Waals surface area contributed by atoms with Crippen molar-refractivity contribution in [2.24, 2.45) is 0 Å². The van der Waals surface area contributed by atoms with Gasteiger partial charge in [0.15, 0.2) is 0 Å². The standard InChI is InChI=1S/C22H24N4O2/c1-16(2)28-19-10-8-18(9-11-19)26-21-14-20(24-15-25-21)22(27)23-13-12-17-6-4-3-5-7-17/h3-11,14-16H,12-13H2,1-2H3,(H,23,27)(H,24,25,26). The lowest BCUT2D eigenvalue weighted by atomic mass is 10.1. The molecule has 0 unspecified atom stereocenters. The van der Waals surface area contributed by atoms with Gasteiger partial charge in [-0.1, -0.05) is 30.3 Å². The molecular weight excluding hydrogens is 352 g/mol. The van der Waals surface area contributed by atoms with E-state index in [2.05, 4.69) is 20.6 Å². The number of ether oxygens (including phenoxy) is 1. The molecule has 1 amide bonds. The van der Waals surface area contributed by atoms with Gasteiger partial charge in [-0.25, -0.2) is 9.97 Å². The minimum absolute atomic E-state index is 0.128. The number of carbonyl (C=O) groups excluding carboxylic acids is 1. The van der Waals surface area contributed by atoms with Gasteiger partial charge in [-0.3, -0.25) is 4.79 Å². The number of anilines is 2. The summed E-state index contributed by atoms with van der Waals surface area (Å²) in [5.74, 6) is 1.14. The highest BCUT2D eigenvalue weighted by Gasteiger charge is 2.09. The highest BCUT2D eigenvalue weighted by atomic mass is 16.5. The number of rotatable bonds is 8. The van der Waals surface area contributed by atoms with Crippen LogP contribution in [-0.2, 0) is 6.42 Å². The van der Waals surface area contributed by atoms with Crippen LogP contribution >= 0.6 is 0 Å². The smallest absolute Gasteiger partial charge is 0.270 e. The first-order valence-corrected chi connectivity index (χ1v) is 9.28. The van der Waals surface area contributed by atoms with E-state index in [1.807, 2.05) is 68.4 Å². The normalized spacial score (nSPS) is 10.5. The summed E-state index contributed by atoms with van der Waals surface area (Å²) in [7, 11) is 0. The topological polar surface area (TPSA) is 76.1 Å². The van der Waals surface area contributed by atoms with Crippen LogP contribution in [0.2, 0.25) is 0 Å². The minimum Gasteiger partial charge on any atom is -0.491 e. The lowest BCUT2D eigenvalue weighted by Gasteiger charge is -2.11. The fourth-order valence-corrected chi connectivity index (χ4v) is 2.64. The first-order valence-electron chi connectivity index (χ1n) is 9.28. The second-order valence-corrected chi connectivity index (χ2v) is 6.60. The maximum Gasteiger partial charge on any atom is 0.270 e. The molecule has 28 heavy (non-hydrogen) atoms. The molecule has 2 N–H and O–H groups in total. The number of benzene rings is 2. The summed E-state index contributed by atoms with van der Waals surface area (Å²) in [5, 5.41) is 6.07. The molecule has 3 rings (SSSR count). The van der Waals surface area contributed by atoms with Gasteiger partial charge in [0.2, 0.25) is 0 Å². The molecule has 3 aromatic rings. The van der Waals surface area contributed by atoms with Crippen LogP contribution in [0.5, 0.6) is 5.75 Å². The molecule has 144 valence electrons. The molecule has 1 heterocycles. The zero-order valence-corrected chi connectivity index (χ0v) is 16.1. The summed E-state index contributed by atoms with van der Waals surface area (Å²) < 4.78 is 5.63. The molecule has 0 saturated heterocycles. The third kappa shape index (κ3) is 5.81. The van der Waals surface area contributed by atoms with Crippen LogP contribution in [0, 0.1) is 0 Å². The van der Waals surface area contributed by atoms with Gasteiger partial charge in [0, 0.05) is 18.3 Å². The molecule has 0 fully saturated rings. The van der Waals surface area contributed by atoms with Crippen molar-refractivity contribution in [1.29, 1.82) is 0 Å². The predicted octanol–water partition coefficient (Wildman–Crippen LogP) is 3.98. The number of aromatic nitrogens is 2. The molecular formula is C22H24N4O2. The maximum atomic E-state index is 12.3. The molecule has 2 aromatic carbocycles. The van der Waals surface area contributed by atoms with Gasteiger partial charge in [-0.05, 0) is 50.1 Å². The van der Waals surface area contributed by atoms with E-state index in [1.54, 1.807) is 6.07 Å². The quantitative estimate of drug-likeness (QED) is 0.622. The Balaban J connectivity index is 1.56. The number of nitrogens with zero attached hydrogens (tertiary/aromatic N) is 2. The van der Waals surface area contributed by atoms with Crippen molar-refractivity contribution in [3.8, 4) is 5.75 Å². The first-order chi connectivity index (χ1) is 13.6. The van der Waals surface area contributed by atoms with E-state index < -0.39 is 0 Å². The van der Waals surface area contributed by atoms with Gasteiger partial charge in [0.05, 0.1) is 6.10 Å². The van der Waals surface area contributed by atoms with Crippen molar-refractivity contribution >= 4 is 17.4 Å². The molecule has 0 spiro atoms. The number of amides is 1. The fraction of sp³-hybridized carbons (Fsp3) is 0.227. The van der Waals surface area contributed by atoms with Crippen LogP contribution in [-0.4, -0.2) is 28.5 Å². The Morgan fingerprint density at radius 3 is 2.50 bits per heavy atom. The molecule has 6 nitrogen and oxygen atoms in total. The van der Waals surface area contributed by atoms with Crippen LogP contribution in [0.3, 0.4) is 0 Å². The van der Waals surface area contributed by atoms with Crippen LogP contribution in [0.25, 0.3) is 0 Å². The summed E-state index contributed by atoms with van der Waals surface area (Å²) in [4.78, 5) is 20.6. The van der Waals surface area contributed by atoms with Crippen molar-refractivity contribution in [1.82, 2.24) is 15.3 Å². The Labute approximate surface area is 165 Å². The van der Waals surface area contributed by atoms with Crippen LogP contribution in [0.15, 0.2) is 67.0 Å². The predicted molar refractivity (Wildman–Crippen MR) is 110 cm³/mol. The summed E-state index contributed by atoms with van der Waals surface area (Å²) >= 11 is 0. The Morgan fingerprint density at radius 2 is 1.79 bits per heavy atom. The van der Waals surface area contributed by atoms with E-state index in [9.17, 15) is 4.79 Å². The van der Waals surface area contributed by atoms with E-state index in [-0.39, 0.29) is 12.0 Å². The second-order valence-electron chi connectivity index (χ2n) is 6.60. The van der Waals surface area contributed by atoms with E-state index in [1.165, 1.54) is 11.9 Å². The van der Waals surface area contributed by atoms with Crippen LogP contribution in [0.1, 0.15) is 29.9 Å². The Morgan fingerprint density at radius 1 is 1.04 bits per heavy atom. The Hall–Kier alpha value is -3.41. The molecule has 0 saturated carbocycles. The molecule has 0 aliphatic carbocycles. The van der Waals surface area contributed by atoms with Gasteiger partial charge in [0.25, 0.3) is 5.91 Å². The van der Waals surface area contributed by atoms with Gasteiger partial charge in [-0.15, -0.1) is 0 Å². The SMILES string of the molecule is CC(C)Oc1ccc(Nc2cc(C(=O)NCCc3ccccc3)ncn2)cc1. The fourth-order valence-electron chi connectivity index (χ4n) is 2.64. The maximum absolute atomic E-state index is 12.3. The number of nitrogens with one attached hydrogen (secondary N) is 2. The van der Waals surface area contributed by atoms with Gasteiger partial charge >= 0.3 is 0 Å². The average molecular weight is 376 g/mol. The van der Waals surface area contributed by atoms with E-state index in [0.29, 0.717) is 18.1 Å². The molecule has 0 aliphatic heterocycles. The van der Waals surface area contributed by atoms with E-state index >= 15 is 0 Å². The number of hydrogen-bond acceptors (Lipinski definition) is 5. The van der Waals surface area contributed by atoms with E-state index in [4.69, 9.17) is 4.74 Å². The third-order valence-electron chi connectivity index (χ3n) is 3.94. The Bertz CT molecular complexity index is 896. The largest absolute Gasteiger partial charge is 0.491 e. The first kappa shape index (κ1) is 19.4. The number of hydrogen-bond donors (Lipinski definition) is 2. The molecule has 0 aliphatic rings. The minimum atomic E-state index is -0.220. The second kappa shape index (κ2) is 9.50. The summed E-state index contributed by atoms with van der Waals surface area (Å²) in [6.07, 6.45) is 2.28. The van der Waals surface area contributed by atoms with Crippen molar-refractivity contribution in [3.63, 3.8) is 0 Å². The molecule has 0 radical (unpaired) electrons. The van der Waals surface area contributed by atoms with E-state index in [0.717, 1.165) is 17.9 Å². The monoisotopic (exact) mass is 376 g/mol. The lowest BCUT2D eigenvalue weighted by Crippen LogP contribution is -2.26. The molecule has 0 atom stereocenters. The molecule has 6 heteroatoms. The van der Waals surface area contributed by atoms with Gasteiger partial charge in [-0.2, -0.15) is 0 Å². The third-order valence-corrected chi connectivity index (χ3v) is 3.94. The van der Waals surface area contributed by atoms with Gasteiger partial charge in [0.1, 0.15) is 23.6 Å². The highest BCUT2D eigenvalue weighted by Crippen LogP contribution is 2.19. The van der Waals surface area contributed by atoms with Crippen molar-refractivity contribution in [2.75, 3.05) is 11.9 Å². The van der Waals surface area contributed by atoms with Crippen molar-refractivity contribution in [2.45, 2.75) is 26.4 Å². The van der Waals surface area contributed by atoms with Crippen LogP contribution < -0.4 is 15.4 Å². The molecule has 1 aromatic heterocycles. The lowest BCUT2D eigenvalue weighted by molar-refractivity contribution is 0.0949. The zero-order chi connectivity index (χ0) is 19.8. The van der Waals surface area contributed by atoms with Gasteiger partial charge < -0.3 is 15.4 Å². The summed E-state index contributed by atoms with van der Waals surface area (Å²) in [6, 6.07) is 19.2. The summed E-state index contributed by atoms with van der Waals surface area (Å²) in [5.41, 5.74) is 2.35. The number of carbonyl (C=O) groups is 1. The van der Waals surface area contributed by atoms with Crippen LogP contribution in [0.4, 0.5) is 11.5 Å². The summed E-state index contributed by atoms with van der Waals surface area (Å²) in [6.45, 7) is 4.52.